The number of pyridine rings is 1. The fourth-order valence-corrected chi connectivity index (χ4v) is 3.26. The summed E-state index contributed by atoms with van der Waals surface area (Å²) in [6.45, 7) is 3.93. The van der Waals surface area contributed by atoms with Crippen LogP contribution >= 0.6 is 0 Å². The summed E-state index contributed by atoms with van der Waals surface area (Å²) in [5.74, 6) is 0. The van der Waals surface area contributed by atoms with Gasteiger partial charge in [0.25, 0.3) is 0 Å². The number of aromatic nitrogens is 3. The van der Waals surface area contributed by atoms with Crippen molar-refractivity contribution < 1.29 is 13.2 Å². The Bertz CT molecular complexity index is 883. The van der Waals surface area contributed by atoms with Crippen LogP contribution in [-0.4, -0.2) is 45.6 Å². The summed E-state index contributed by atoms with van der Waals surface area (Å²) in [4.78, 5) is 12.8. The smallest absolute Gasteiger partial charge is 0.369 e. The van der Waals surface area contributed by atoms with Gasteiger partial charge in [0.05, 0.1) is 29.6 Å². The van der Waals surface area contributed by atoms with Crippen LogP contribution in [0, 0.1) is 0 Å². The molecule has 0 amide bonds. The third-order valence-electron chi connectivity index (χ3n) is 4.70. The molecule has 0 bridgehead atoms. The van der Waals surface area contributed by atoms with Crippen molar-refractivity contribution in [3.05, 3.63) is 54.6 Å². The van der Waals surface area contributed by atoms with Gasteiger partial charge in [-0.25, -0.2) is 4.98 Å². The molecule has 1 aliphatic rings. The van der Waals surface area contributed by atoms with Crippen LogP contribution in [0.5, 0.6) is 0 Å². The first-order valence-corrected chi connectivity index (χ1v) is 8.40. The van der Waals surface area contributed by atoms with E-state index >= 15 is 0 Å². The number of benzene rings is 1. The predicted octanol–water partition coefficient (Wildman–Crippen LogP) is 3.23. The fourth-order valence-electron chi connectivity index (χ4n) is 3.26. The topological polar surface area (TPSA) is 37.2 Å². The lowest BCUT2D eigenvalue weighted by Crippen LogP contribution is -2.46. The molecule has 0 saturated carbocycles. The lowest BCUT2D eigenvalue weighted by Gasteiger charge is -2.36. The van der Waals surface area contributed by atoms with E-state index in [2.05, 4.69) is 19.8 Å². The first-order valence-electron chi connectivity index (χ1n) is 8.40. The minimum atomic E-state index is -4.35. The number of rotatable bonds is 3. The Morgan fingerprint density at radius 3 is 2.38 bits per heavy atom. The van der Waals surface area contributed by atoms with E-state index < -0.39 is 11.7 Å². The molecule has 0 atom stereocenters. The van der Waals surface area contributed by atoms with Gasteiger partial charge in [-0.15, -0.1) is 0 Å². The highest BCUT2D eigenvalue weighted by Gasteiger charge is 2.31. The minimum absolute atomic E-state index is 0.511. The molecule has 26 heavy (non-hydrogen) atoms. The maximum absolute atomic E-state index is 13.0. The maximum Gasteiger partial charge on any atom is 0.416 e. The van der Waals surface area contributed by atoms with E-state index in [4.69, 9.17) is 0 Å². The number of fused-ring (bicyclic) bond motifs is 1. The Kier molecular flexibility index (Phi) is 4.28. The van der Waals surface area contributed by atoms with Crippen LogP contribution in [0.4, 0.5) is 18.9 Å². The molecule has 136 valence electrons. The molecule has 4 rings (SSSR count). The molecule has 0 unspecified atom stereocenters. The van der Waals surface area contributed by atoms with Gasteiger partial charge in [0.15, 0.2) is 0 Å². The van der Waals surface area contributed by atoms with Gasteiger partial charge in [-0.3, -0.25) is 9.88 Å². The number of hydrogen-bond donors (Lipinski definition) is 0. The molecule has 1 aromatic carbocycles. The van der Waals surface area contributed by atoms with Gasteiger partial charge in [0.1, 0.15) is 0 Å². The van der Waals surface area contributed by atoms with E-state index in [0.717, 1.165) is 37.9 Å². The maximum atomic E-state index is 13.0. The number of alkyl halides is 3. The fraction of sp³-hybridized carbons (Fsp3) is 0.333. The largest absolute Gasteiger partial charge is 0.416 e. The van der Waals surface area contributed by atoms with E-state index in [9.17, 15) is 13.2 Å². The van der Waals surface area contributed by atoms with Crippen LogP contribution in [0.2, 0.25) is 0 Å². The van der Waals surface area contributed by atoms with Gasteiger partial charge in [-0.1, -0.05) is 0 Å². The predicted molar refractivity (Wildman–Crippen MR) is 92.8 cm³/mol. The SMILES string of the molecule is FC(F)(F)c1ccc2ncn(CN3CCN(c4ccncc4)CC3)c2c1. The summed E-state index contributed by atoms with van der Waals surface area (Å²) in [6, 6.07) is 7.65. The second kappa shape index (κ2) is 6.60. The number of anilines is 1. The number of piperazine rings is 1. The van der Waals surface area contributed by atoms with Gasteiger partial charge >= 0.3 is 6.18 Å². The average Bonchev–Trinajstić information content (AvgIpc) is 3.05. The molecule has 1 aliphatic heterocycles. The molecule has 5 nitrogen and oxygen atoms in total. The Balaban J connectivity index is 1.47. The number of hydrogen-bond acceptors (Lipinski definition) is 4. The zero-order chi connectivity index (χ0) is 18.1. The molecular weight excluding hydrogens is 343 g/mol. The minimum Gasteiger partial charge on any atom is -0.369 e. The summed E-state index contributed by atoms with van der Waals surface area (Å²) >= 11 is 0. The molecule has 2 aromatic heterocycles. The van der Waals surface area contributed by atoms with E-state index in [1.807, 2.05) is 12.1 Å². The van der Waals surface area contributed by atoms with Crippen LogP contribution in [0.25, 0.3) is 11.0 Å². The normalized spacial score (nSPS) is 16.3. The summed E-state index contributed by atoms with van der Waals surface area (Å²) in [7, 11) is 0. The number of imidazole rings is 1. The number of halogens is 3. The Morgan fingerprint density at radius 2 is 1.69 bits per heavy atom. The molecule has 0 N–H and O–H groups in total. The van der Waals surface area contributed by atoms with Gasteiger partial charge in [0, 0.05) is 44.3 Å². The quantitative estimate of drug-likeness (QED) is 0.718. The van der Waals surface area contributed by atoms with Crippen molar-refractivity contribution in [2.24, 2.45) is 0 Å². The van der Waals surface area contributed by atoms with Crippen molar-refractivity contribution in [2.45, 2.75) is 12.8 Å². The second-order valence-electron chi connectivity index (χ2n) is 6.37. The highest BCUT2D eigenvalue weighted by Crippen LogP contribution is 2.31. The summed E-state index contributed by atoms with van der Waals surface area (Å²) in [6.07, 6.45) is 0.814. The highest BCUT2D eigenvalue weighted by molar-refractivity contribution is 5.76. The Morgan fingerprint density at radius 1 is 0.962 bits per heavy atom. The monoisotopic (exact) mass is 361 g/mol. The molecule has 1 fully saturated rings. The zero-order valence-corrected chi connectivity index (χ0v) is 14.0. The van der Waals surface area contributed by atoms with Gasteiger partial charge in [-0.05, 0) is 30.3 Å². The molecule has 8 heteroatoms. The lowest BCUT2D eigenvalue weighted by molar-refractivity contribution is -0.137. The third kappa shape index (κ3) is 3.37. The van der Waals surface area contributed by atoms with Crippen molar-refractivity contribution in [1.29, 1.82) is 0 Å². The molecular formula is C18H18F3N5. The summed E-state index contributed by atoms with van der Waals surface area (Å²) < 4.78 is 40.7. The summed E-state index contributed by atoms with van der Waals surface area (Å²) in [5.41, 5.74) is 1.58. The van der Waals surface area contributed by atoms with E-state index in [0.29, 0.717) is 17.7 Å². The van der Waals surface area contributed by atoms with Crippen molar-refractivity contribution in [2.75, 3.05) is 31.1 Å². The van der Waals surface area contributed by atoms with Crippen LogP contribution in [0.3, 0.4) is 0 Å². The standard InChI is InChI=1S/C18H18F3N5/c19-18(20,21)14-1-2-16-17(11-14)26(12-23-16)13-24-7-9-25(10-8-24)15-3-5-22-6-4-15/h1-6,11-12H,7-10,13H2. The van der Waals surface area contributed by atoms with Gasteiger partial charge < -0.3 is 9.47 Å². The molecule has 0 spiro atoms. The van der Waals surface area contributed by atoms with Crippen LogP contribution in [0.1, 0.15) is 5.56 Å². The van der Waals surface area contributed by atoms with Crippen molar-refractivity contribution >= 4 is 16.7 Å². The van der Waals surface area contributed by atoms with E-state index in [1.54, 1.807) is 23.3 Å². The molecule has 3 aromatic rings. The second-order valence-corrected chi connectivity index (χ2v) is 6.37. The van der Waals surface area contributed by atoms with Crippen LogP contribution in [0.15, 0.2) is 49.1 Å². The Hall–Kier alpha value is -2.61. The van der Waals surface area contributed by atoms with Gasteiger partial charge in [-0.2, -0.15) is 13.2 Å². The van der Waals surface area contributed by atoms with Crippen molar-refractivity contribution in [3.8, 4) is 0 Å². The number of nitrogens with zero attached hydrogens (tertiary/aromatic N) is 5. The zero-order valence-electron chi connectivity index (χ0n) is 14.0. The molecule has 1 saturated heterocycles. The van der Waals surface area contributed by atoms with E-state index in [-0.39, 0.29) is 0 Å². The van der Waals surface area contributed by atoms with Crippen LogP contribution in [-0.2, 0) is 12.8 Å². The first kappa shape index (κ1) is 16.8. The summed E-state index contributed by atoms with van der Waals surface area (Å²) in [5, 5.41) is 0. The highest BCUT2D eigenvalue weighted by atomic mass is 19.4. The van der Waals surface area contributed by atoms with Crippen molar-refractivity contribution in [1.82, 2.24) is 19.4 Å². The third-order valence-corrected chi connectivity index (χ3v) is 4.70. The molecule has 0 aliphatic carbocycles. The Labute approximate surface area is 148 Å². The lowest BCUT2D eigenvalue weighted by atomic mass is 10.2. The van der Waals surface area contributed by atoms with Crippen LogP contribution < -0.4 is 4.90 Å². The molecule has 0 radical (unpaired) electrons. The van der Waals surface area contributed by atoms with E-state index in [1.165, 1.54) is 12.1 Å². The van der Waals surface area contributed by atoms with Crippen molar-refractivity contribution in [3.63, 3.8) is 0 Å². The molecule has 3 heterocycles. The van der Waals surface area contributed by atoms with Gasteiger partial charge in [0.2, 0.25) is 0 Å². The average molecular weight is 361 g/mol. The first-order chi connectivity index (χ1) is 12.5.